The van der Waals surface area contributed by atoms with E-state index in [1.54, 1.807) is 16.9 Å². The first kappa shape index (κ1) is 19.4. The molecule has 30 heavy (non-hydrogen) atoms. The molecule has 3 aromatic rings. The summed E-state index contributed by atoms with van der Waals surface area (Å²) in [7, 11) is 0. The van der Waals surface area contributed by atoms with E-state index in [0.29, 0.717) is 5.41 Å². The molecule has 0 amide bonds. The van der Waals surface area contributed by atoms with Gasteiger partial charge in [0.2, 0.25) is 0 Å². The van der Waals surface area contributed by atoms with E-state index in [0.717, 1.165) is 47.9 Å². The predicted molar refractivity (Wildman–Crippen MR) is 128 cm³/mol. The fourth-order valence-corrected chi connectivity index (χ4v) is 8.48. The smallest absolute Gasteiger partial charge is 0.0935 e. The molecule has 4 aliphatic rings. The van der Waals surface area contributed by atoms with Gasteiger partial charge >= 0.3 is 0 Å². The first-order valence-electron chi connectivity index (χ1n) is 11.7. The number of hydrogen-bond donors (Lipinski definition) is 2. The molecule has 7 rings (SSSR count). The lowest BCUT2D eigenvalue weighted by molar-refractivity contribution is -0.00513. The lowest BCUT2D eigenvalue weighted by Gasteiger charge is -2.57. The summed E-state index contributed by atoms with van der Waals surface area (Å²) in [6.07, 6.45) is 12.0. The molecule has 4 bridgehead atoms. The van der Waals surface area contributed by atoms with Crippen molar-refractivity contribution in [3.63, 3.8) is 0 Å². The summed E-state index contributed by atoms with van der Waals surface area (Å²) in [6.45, 7) is 0.765. The van der Waals surface area contributed by atoms with Gasteiger partial charge in [0.1, 0.15) is 0 Å². The molecule has 0 unspecified atom stereocenters. The largest absolute Gasteiger partial charge is 0.354 e. The highest BCUT2D eigenvalue weighted by Gasteiger charge is 2.51. The van der Waals surface area contributed by atoms with Gasteiger partial charge in [0.15, 0.2) is 0 Å². The first-order valence-corrected chi connectivity index (χ1v) is 12.9. The van der Waals surface area contributed by atoms with Crippen molar-refractivity contribution < 1.29 is 0 Å². The average molecular weight is 439 g/mol. The Bertz CT molecular complexity index is 1040. The van der Waals surface area contributed by atoms with Gasteiger partial charge in [-0.1, -0.05) is 17.7 Å². The van der Waals surface area contributed by atoms with Crippen LogP contribution in [0.15, 0.2) is 30.3 Å². The number of thiophene rings is 1. The lowest BCUT2D eigenvalue weighted by atomic mass is 9.48. The van der Waals surface area contributed by atoms with Crippen molar-refractivity contribution in [2.24, 2.45) is 23.5 Å². The van der Waals surface area contributed by atoms with Crippen LogP contribution in [-0.4, -0.2) is 11.5 Å². The quantitative estimate of drug-likeness (QED) is 0.389. The van der Waals surface area contributed by atoms with Gasteiger partial charge in [-0.05, 0) is 123 Å². The molecule has 4 aliphatic carbocycles. The number of nitrogens with one attached hydrogen (secondary N) is 1. The Morgan fingerprint density at radius 1 is 1.00 bits per heavy atom. The zero-order chi connectivity index (χ0) is 20.3. The maximum Gasteiger partial charge on any atom is 0.0935 e. The molecule has 0 aliphatic heterocycles. The van der Waals surface area contributed by atoms with Crippen molar-refractivity contribution in [2.45, 2.75) is 63.2 Å². The highest BCUT2D eigenvalue weighted by molar-refractivity contribution is 7.19. The number of H-pyrrole nitrogens is 1. The first-order chi connectivity index (χ1) is 14.6. The summed E-state index contributed by atoms with van der Waals surface area (Å²) in [4.78, 5) is 4.99. The Hall–Kier alpha value is -1.29. The van der Waals surface area contributed by atoms with Gasteiger partial charge in [0, 0.05) is 10.9 Å². The fourth-order valence-electron chi connectivity index (χ4n) is 7.41. The van der Waals surface area contributed by atoms with Crippen molar-refractivity contribution in [3.8, 4) is 10.6 Å². The van der Waals surface area contributed by atoms with Gasteiger partial charge in [-0.15, -0.1) is 11.3 Å². The molecule has 4 heteroatoms. The second-order valence-electron chi connectivity index (χ2n) is 10.3. The average Bonchev–Trinajstić information content (AvgIpc) is 3.30. The molecule has 0 spiro atoms. The Morgan fingerprint density at radius 3 is 2.37 bits per heavy atom. The van der Waals surface area contributed by atoms with Crippen molar-refractivity contribution in [3.05, 3.63) is 45.8 Å². The lowest BCUT2D eigenvalue weighted by Crippen LogP contribution is -2.48. The van der Waals surface area contributed by atoms with Gasteiger partial charge < -0.3 is 10.7 Å². The molecule has 4 saturated carbocycles. The number of aromatic nitrogens is 1. The van der Waals surface area contributed by atoms with Crippen LogP contribution in [0.4, 0.5) is 0 Å². The van der Waals surface area contributed by atoms with Gasteiger partial charge in [0.05, 0.1) is 14.9 Å². The number of rotatable bonds is 6. The van der Waals surface area contributed by atoms with Gasteiger partial charge in [-0.2, -0.15) is 0 Å². The van der Waals surface area contributed by atoms with Crippen LogP contribution in [-0.2, 0) is 11.8 Å². The maximum atomic E-state index is 6.28. The number of nitrogens with two attached hydrogens (primary N) is 1. The number of aryl methyl sites for hydroxylation is 1. The van der Waals surface area contributed by atoms with Crippen LogP contribution >= 0.6 is 22.9 Å². The Balaban J connectivity index is 1.44. The van der Waals surface area contributed by atoms with Crippen LogP contribution in [0.25, 0.3) is 21.5 Å². The minimum absolute atomic E-state index is 0.446. The summed E-state index contributed by atoms with van der Waals surface area (Å²) < 4.78 is 0.853. The number of unbranched alkanes of at least 4 members (excludes halogenated alkanes) is 1. The monoisotopic (exact) mass is 438 g/mol. The highest BCUT2D eigenvalue weighted by Crippen LogP contribution is 2.61. The van der Waals surface area contributed by atoms with E-state index < -0.39 is 0 Å². The Labute approximate surface area is 188 Å². The van der Waals surface area contributed by atoms with Crippen LogP contribution in [0.5, 0.6) is 0 Å². The van der Waals surface area contributed by atoms with Crippen LogP contribution < -0.4 is 5.73 Å². The molecule has 3 N–H and O–H groups in total. The van der Waals surface area contributed by atoms with Crippen molar-refractivity contribution in [1.82, 2.24) is 4.98 Å². The van der Waals surface area contributed by atoms with Crippen molar-refractivity contribution in [2.75, 3.05) is 6.54 Å². The van der Waals surface area contributed by atoms with E-state index in [1.807, 2.05) is 6.07 Å². The van der Waals surface area contributed by atoms with E-state index >= 15 is 0 Å². The molecule has 0 atom stereocenters. The molecule has 2 aromatic heterocycles. The normalized spacial score (nSPS) is 29.9. The van der Waals surface area contributed by atoms with E-state index in [9.17, 15) is 0 Å². The van der Waals surface area contributed by atoms with Gasteiger partial charge in [-0.3, -0.25) is 0 Å². The summed E-state index contributed by atoms with van der Waals surface area (Å²) in [6, 6.07) is 11.5. The van der Waals surface area contributed by atoms with E-state index in [2.05, 4.69) is 29.2 Å². The summed E-state index contributed by atoms with van der Waals surface area (Å²) in [5, 5.41) is 1.43. The zero-order valence-corrected chi connectivity index (χ0v) is 19.1. The van der Waals surface area contributed by atoms with E-state index in [1.165, 1.54) is 65.6 Å². The SMILES string of the molecule is NCCCCc1c(-c2ccc(Cl)s2)[nH]c2ccc(C34CC5CC(CC(C5)C3)C4)cc12. The molecule has 2 heterocycles. The topological polar surface area (TPSA) is 41.8 Å². The third-order valence-electron chi connectivity index (χ3n) is 8.26. The predicted octanol–water partition coefficient (Wildman–Crippen LogP) is 7.30. The van der Waals surface area contributed by atoms with Crippen LogP contribution in [0.3, 0.4) is 0 Å². The van der Waals surface area contributed by atoms with Gasteiger partial charge in [0.25, 0.3) is 0 Å². The molecule has 0 saturated heterocycles. The maximum absolute atomic E-state index is 6.28. The number of aromatic amines is 1. The molecule has 1 aromatic carbocycles. The van der Waals surface area contributed by atoms with Crippen LogP contribution in [0.1, 0.15) is 62.5 Å². The zero-order valence-electron chi connectivity index (χ0n) is 17.6. The number of fused-ring (bicyclic) bond motifs is 1. The molecular weight excluding hydrogens is 408 g/mol. The molecular formula is C26H31ClN2S. The summed E-state index contributed by atoms with van der Waals surface area (Å²) in [5.41, 5.74) is 11.9. The fraction of sp³-hybridized carbons (Fsp3) is 0.538. The molecule has 158 valence electrons. The Morgan fingerprint density at radius 2 is 1.73 bits per heavy atom. The summed E-state index contributed by atoms with van der Waals surface area (Å²) >= 11 is 7.95. The third-order valence-corrected chi connectivity index (χ3v) is 9.51. The third kappa shape index (κ3) is 3.16. The van der Waals surface area contributed by atoms with Crippen LogP contribution in [0, 0.1) is 17.8 Å². The van der Waals surface area contributed by atoms with Crippen LogP contribution in [0.2, 0.25) is 4.34 Å². The van der Waals surface area contributed by atoms with Crippen molar-refractivity contribution in [1.29, 1.82) is 0 Å². The number of halogens is 1. The van der Waals surface area contributed by atoms with E-state index in [-0.39, 0.29) is 0 Å². The van der Waals surface area contributed by atoms with Crippen molar-refractivity contribution >= 4 is 33.8 Å². The summed E-state index contributed by atoms with van der Waals surface area (Å²) in [5.74, 6) is 2.93. The molecule has 4 fully saturated rings. The van der Waals surface area contributed by atoms with Gasteiger partial charge in [-0.25, -0.2) is 0 Å². The minimum atomic E-state index is 0.446. The number of benzene rings is 1. The highest BCUT2D eigenvalue weighted by atomic mass is 35.5. The second kappa shape index (κ2) is 7.39. The second-order valence-corrected chi connectivity index (χ2v) is 12.0. The molecule has 2 nitrogen and oxygen atoms in total. The molecule has 0 radical (unpaired) electrons. The minimum Gasteiger partial charge on any atom is -0.354 e. The standard InChI is InChI=1S/C26H31ClN2S/c27-24-7-6-23(30-24)25-20(3-1-2-8-28)21-12-19(4-5-22(21)29-25)26-13-16-9-17(14-26)11-18(10-16)15-26/h4-7,12,16-18,29H,1-3,8-11,13-15,28H2. The Kier molecular flexibility index (Phi) is 4.78. The van der Waals surface area contributed by atoms with E-state index in [4.69, 9.17) is 17.3 Å². The number of hydrogen-bond acceptors (Lipinski definition) is 2.